The minimum Gasteiger partial charge on any atom is -0.378 e. The van der Waals surface area contributed by atoms with Crippen LogP contribution in [0.15, 0.2) is 12.1 Å². The van der Waals surface area contributed by atoms with E-state index in [0.717, 1.165) is 0 Å². The molecule has 98 valence electrons. The Hall–Kier alpha value is -1.40. The third-order valence-electron chi connectivity index (χ3n) is 2.64. The molecule has 0 atom stereocenters. The standard InChI is InChI=1S/C11H15ClN4O2/c12-9-1-2-10(15-14-9)13-4-3-11(17)16-5-7-18-8-6-16/h1-2H,3-8H2,(H,13,15). The SMILES string of the molecule is O=C(CCNc1ccc(Cl)nn1)N1CCOCC1. The van der Waals surface area contributed by atoms with Crippen LogP contribution in [0.1, 0.15) is 6.42 Å². The number of rotatable bonds is 4. The van der Waals surface area contributed by atoms with Gasteiger partial charge in [-0.1, -0.05) is 11.6 Å². The molecular weight excluding hydrogens is 256 g/mol. The molecule has 1 saturated heterocycles. The number of hydrogen-bond donors (Lipinski definition) is 1. The number of nitrogens with zero attached hydrogens (tertiary/aromatic N) is 3. The van der Waals surface area contributed by atoms with Crippen molar-refractivity contribution in [2.24, 2.45) is 0 Å². The maximum atomic E-state index is 11.8. The normalized spacial score (nSPS) is 15.5. The molecule has 1 aromatic heterocycles. The van der Waals surface area contributed by atoms with Gasteiger partial charge in [-0.25, -0.2) is 0 Å². The molecule has 0 saturated carbocycles. The zero-order chi connectivity index (χ0) is 12.8. The predicted molar refractivity (Wildman–Crippen MR) is 67.5 cm³/mol. The Kier molecular flexibility index (Phi) is 4.72. The van der Waals surface area contributed by atoms with Crippen LogP contribution in [0, 0.1) is 0 Å². The Balaban J connectivity index is 1.71. The highest BCUT2D eigenvalue weighted by molar-refractivity contribution is 6.29. The van der Waals surface area contributed by atoms with Crippen molar-refractivity contribution < 1.29 is 9.53 Å². The molecule has 2 rings (SSSR count). The van der Waals surface area contributed by atoms with Gasteiger partial charge < -0.3 is 15.0 Å². The summed E-state index contributed by atoms with van der Waals surface area (Å²) in [6, 6.07) is 3.38. The van der Waals surface area contributed by atoms with E-state index in [1.54, 1.807) is 12.1 Å². The Morgan fingerprint density at radius 3 is 2.83 bits per heavy atom. The lowest BCUT2D eigenvalue weighted by Crippen LogP contribution is -2.41. The van der Waals surface area contributed by atoms with Gasteiger partial charge in [0.05, 0.1) is 13.2 Å². The summed E-state index contributed by atoms with van der Waals surface area (Å²) in [4.78, 5) is 13.6. The van der Waals surface area contributed by atoms with Crippen molar-refractivity contribution in [2.45, 2.75) is 6.42 Å². The van der Waals surface area contributed by atoms with Gasteiger partial charge in [-0.3, -0.25) is 4.79 Å². The Morgan fingerprint density at radius 2 is 2.17 bits per heavy atom. The average molecular weight is 271 g/mol. The Bertz CT molecular complexity index is 393. The van der Waals surface area contributed by atoms with Gasteiger partial charge in [-0.2, -0.15) is 0 Å². The summed E-state index contributed by atoms with van der Waals surface area (Å²) in [5.74, 6) is 0.752. The van der Waals surface area contributed by atoms with Gasteiger partial charge >= 0.3 is 0 Å². The quantitative estimate of drug-likeness (QED) is 0.876. The zero-order valence-electron chi connectivity index (χ0n) is 9.93. The second kappa shape index (κ2) is 6.51. The lowest BCUT2D eigenvalue weighted by Gasteiger charge is -2.26. The molecule has 0 aliphatic carbocycles. The largest absolute Gasteiger partial charge is 0.378 e. The first-order valence-corrected chi connectivity index (χ1v) is 6.22. The van der Waals surface area contributed by atoms with Crippen LogP contribution in [0.5, 0.6) is 0 Å². The van der Waals surface area contributed by atoms with Gasteiger partial charge in [0.15, 0.2) is 5.15 Å². The number of ether oxygens (including phenoxy) is 1. The number of carbonyl (C=O) groups excluding carboxylic acids is 1. The lowest BCUT2D eigenvalue weighted by atomic mass is 10.3. The van der Waals surface area contributed by atoms with Crippen LogP contribution in [0.25, 0.3) is 0 Å². The van der Waals surface area contributed by atoms with Gasteiger partial charge in [0.1, 0.15) is 5.82 Å². The monoisotopic (exact) mass is 270 g/mol. The molecule has 0 radical (unpaired) electrons. The van der Waals surface area contributed by atoms with E-state index in [1.807, 2.05) is 4.90 Å². The van der Waals surface area contributed by atoms with Crippen molar-refractivity contribution in [2.75, 3.05) is 38.2 Å². The Labute approximate surface area is 110 Å². The van der Waals surface area contributed by atoms with E-state index in [0.29, 0.717) is 50.2 Å². The zero-order valence-corrected chi connectivity index (χ0v) is 10.7. The topological polar surface area (TPSA) is 67.4 Å². The Morgan fingerprint density at radius 1 is 1.39 bits per heavy atom. The molecule has 1 aromatic rings. The fourth-order valence-corrected chi connectivity index (χ4v) is 1.78. The van der Waals surface area contributed by atoms with Crippen LogP contribution in [-0.4, -0.2) is 53.9 Å². The van der Waals surface area contributed by atoms with Crippen LogP contribution in [0.4, 0.5) is 5.82 Å². The molecule has 1 aliphatic heterocycles. The molecule has 6 nitrogen and oxygen atoms in total. The summed E-state index contributed by atoms with van der Waals surface area (Å²) in [5, 5.41) is 10.9. The van der Waals surface area contributed by atoms with Gasteiger partial charge in [0, 0.05) is 26.1 Å². The van der Waals surface area contributed by atoms with E-state index in [9.17, 15) is 4.79 Å². The van der Waals surface area contributed by atoms with Crippen molar-refractivity contribution in [3.05, 3.63) is 17.3 Å². The fraction of sp³-hybridized carbons (Fsp3) is 0.545. The van der Waals surface area contributed by atoms with Crippen LogP contribution in [0.2, 0.25) is 5.15 Å². The molecule has 7 heteroatoms. The van der Waals surface area contributed by atoms with Crippen molar-refractivity contribution in [1.82, 2.24) is 15.1 Å². The van der Waals surface area contributed by atoms with E-state index < -0.39 is 0 Å². The average Bonchev–Trinajstić information content (AvgIpc) is 2.42. The van der Waals surface area contributed by atoms with Crippen molar-refractivity contribution in [1.29, 1.82) is 0 Å². The summed E-state index contributed by atoms with van der Waals surface area (Å²) >= 11 is 5.62. The highest BCUT2D eigenvalue weighted by Crippen LogP contribution is 2.06. The number of halogens is 1. The van der Waals surface area contributed by atoms with Gasteiger partial charge in [0.25, 0.3) is 0 Å². The minimum atomic E-state index is 0.132. The molecule has 1 aliphatic rings. The lowest BCUT2D eigenvalue weighted by molar-refractivity contribution is -0.134. The van der Waals surface area contributed by atoms with E-state index >= 15 is 0 Å². The van der Waals surface area contributed by atoms with Gasteiger partial charge in [0.2, 0.25) is 5.91 Å². The highest BCUT2D eigenvalue weighted by Gasteiger charge is 2.15. The molecule has 0 unspecified atom stereocenters. The molecule has 0 spiro atoms. The summed E-state index contributed by atoms with van der Waals surface area (Å²) in [7, 11) is 0. The highest BCUT2D eigenvalue weighted by atomic mass is 35.5. The second-order valence-electron chi connectivity index (χ2n) is 3.91. The molecule has 0 aromatic carbocycles. The van der Waals surface area contributed by atoms with Crippen molar-refractivity contribution >= 4 is 23.3 Å². The van der Waals surface area contributed by atoms with Crippen LogP contribution < -0.4 is 5.32 Å². The van der Waals surface area contributed by atoms with Gasteiger partial charge in [-0.15, -0.1) is 10.2 Å². The summed E-state index contributed by atoms with van der Waals surface area (Å²) in [5.41, 5.74) is 0. The number of nitrogens with one attached hydrogen (secondary N) is 1. The maximum Gasteiger partial charge on any atom is 0.224 e. The van der Waals surface area contributed by atoms with Crippen LogP contribution >= 0.6 is 11.6 Å². The number of aromatic nitrogens is 2. The van der Waals surface area contributed by atoms with Crippen molar-refractivity contribution in [3.8, 4) is 0 Å². The fourth-order valence-electron chi connectivity index (χ4n) is 1.68. The first kappa shape index (κ1) is 13.0. The molecule has 1 fully saturated rings. The van der Waals surface area contributed by atoms with Crippen LogP contribution in [0.3, 0.4) is 0 Å². The molecule has 2 heterocycles. The van der Waals surface area contributed by atoms with Crippen LogP contribution in [-0.2, 0) is 9.53 Å². The molecule has 0 bridgehead atoms. The first-order chi connectivity index (χ1) is 8.75. The van der Waals surface area contributed by atoms with Gasteiger partial charge in [-0.05, 0) is 12.1 Å². The smallest absolute Gasteiger partial charge is 0.224 e. The predicted octanol–water partition coefficient (Wildman–Crippen LogP) is 0.791. The van der Waals surface area contributed by atoms with E-state index in [-0.39, 0.29) is 5.91 Å². The number of amides is 1. The number of hydrogen-bond acceptors (Lipinski definition) is 5. The number of morpholine rings is 1. The second-order valence-corrected chi connectivity index (χ2v) is 4.30. The third kappa shape index (κ3) is 3.82. The minimum absolute atomic E-state index is 0.132. The summed E-state index contributed by atoms with van der Waals surface area (Å²) in [6.07, 6.45) is 0.435. The molecule has 18 heavy (non-hydrogen) atoms. The first-order valence-electron chi connectivity index (χ1n) is 5.84. The maximum absolute atomic E-state index is 11.8. The molecule has 1 N–H and O–H groups in total. The van der Waals surface area contributed by atoms with E-state index in [1.165, 1.54) is 0 Å². The molecule has 1 amide bonds. The summed E-state index contributed by atoms with van der Waals surface area (Å²) < 4.78 is 5.19. The summed E-state index contributed by atoms with van der Waals surface area (Å²) in [6.45, 7) is 3.15. The number of carbonyl (C=O) groups is 1. The number of anilines is 1. The van der Waals surface area contributed by atoms with Crippen molar-refractivity contribution in [3.63, 3.8) is 0 Å². The van der Waals surface area contributed by atoms with E-state index in [2.05, 4.69) is 15.5 Å². The molecular formula is C11H15ClN4O2. The third-order valence-corrected chi connectivity index (χ3v) is 2.84. The van der Waals surface area contributed by atoms with E-state index in [4.69, 9.17) is 16.3 Å².